The predicted molar refractivity (Wildman–Crippen MR) is 81.7 cm³/mol. The van der Waals surface area contributed by atoms with Crippen molar-refractivity contribution in [3.05, 3.63) is 12.7 Å². The number of hydrogen-bond donors (Lipinski definition) is 0. The largest absolute Gasteiger partial charge is 0.463 e. The molecule has 8 nitrogen and oxygen atoms in total. The molecule has 0 amide bonds. The lowest BCUT2D eigenvalue weighted by Gasteiger charge is -2.44. The van der Waals surface area contributed by atoms with E-state index in [2.05, 4.69) is 6.58 Å². The van der Waals surface area contributed by atoms with Gasteiger partial charge in [0.15, 0.2) is 12.4 Å². The maximum atomic E-state index is 11.5. The van der Waals surface area contributed by atoms with Crippen LogP contribution in [0.3, 0.4) is 0 Å². The highest BCUT2D eigenvalue weighted by Crippen LogP contribution is 2.33. The van der Waals surface area contributed by atoms with Gasteiger partial charge in [-0.25, -0.2) is 0 Å². The smallest absolute Gasteiger partial charge is 0.303 e. The first kappa shape index (κ1) is 20.1. The normalized spacial score (nSPS) is 29.4. The summed E-state index contributed by atoms with van der Waals surface area (Å²) in [6.07, 6.45) is -1.26. The summed E-state index contributed by atoms with van der Waals surface area (Å²) in [6.45, 7) is 7.26. The van der Waals surface area contributed by atoms with Crippen LogP contribution in [-0.4, -0.2) is 56.2 Å². The Balaban J connectivity index is 3.13. The molecule has 1 aliphatic heterocycles. The van der Waals surface area contributed by atoms with Crippen molar-refractivity contribution in [2.24, 2.45) is 5.92 Å². The second-order valence-corrected chi connectivity index (χ2v) is 5.42. The Morgan fingerprint density at radius 1 is 1.04 bits per heavy atom. The first-order valence-corrected chi connectivity index (χ1v) is 7.57. The van der Waals surface area contributed by atoms with E-state index in [0.29, 0.717) is 6.42 Å². The summed E-state index contributed by atoms with van der Waals surface area (Å²) in [6, 6.07) is 0. The quantitative estimate of drug-likeness (QED) is 0.383. The van der Waals surface area contributed by atoms with E-state index in [1.807, 2.05) is 0 Å². The minimum Gasteiger partial charge on any atom is -0.463 e. The van der Waals surface area contributed by atoms with Crippen molar-refractivity contribution < 1.29 is 38.1 Å². The summed E-state index contributed by atoms with van der Waals surface area (Å²) >= 11 is 0. The van der Waals surface area contributed by atoms with Crippen LogP contribution in [0.2, 0.25) is 0 Å². The molecule has 8 heteroatoms. The molecule has 0 aromatic heterocycles. The zero-order valence-corrected chi connectivity index (χ0v) is 14.4. The van der Waals surface area contributed by atoms with E-state index >= 15 is 0 Å². The van der Waals surface area contributed by atoms with Gasteiger partial charge in [-0.05, 0) is 6.42 Å². The van der Waals surface area contributed by atoms with Gasteiger partial charge in [-0.3, -0.25) is 14.4 Å². The zero-order valence-electron chi connectivity index (χ0n) is 14.4. The lowest BCUT2D eigenvalue weighted by Crippen LogP contribution is -2.59. The fourth-order valence-corrected chi connectivity index (χ4v) is 2.64. The van der Waals surface area contributed by atoms with Crippen molar-refractivity contribution in [3.63, 3.8) is 0 Å². The van der Waals surface area contributed by atoms with Gasteiger partial charge in [-0.1, -0.05) is 6.08 Å². The molecule has 0 bridgehead atoms. The van der Waals surface area contributed by atoms with Gasteiger partial charge in [0, 0.05) is 27.9 Å². The van der Waals surface area contributed by atoms with Gasteiger partial charge in [-0.2, -0.15) is 0 Å². The highest BCUT2D eigenvalue weighted by atomic mass is 16.7. The fraction of sp³-hybridized carbons (Fsp3) is 0.688. The van der Waals surface area contributed by atoms with Gasteiger partial charge in [0.1, 0.15) is 18.8 Å². The summed E-state index contributed by atoms with van der Waals surface area (Å²) in [5.74, 6) is -2.03. The Bertz CT molecular complexity index is 475. The summed E-state index contributed by atoms with van der Waals surface area (Å²) in [5, 5.41) is 0. The third kappa shape index (κ3) is 5.61. The number of hydrogen-bond acceptors (Lipinski definition) is 8. The summed E-state index contributed by atoms with van der Waals surface area (Å²) in [7, 11) is 1.45. The van der Waals surface area contributed by atoms with Crippen molar-refractivity contribution in [2.45, 2.75) is 51.8 Å². The number of esters is 3. The molecule has 0 spiro atoms. The summed E-state index contributed by atoms with van der Waals surface area (Å²) in [5.41, 5.74) is 0. The van der Waals surface area contributed by atoms with Gasteiger partial charge < -0.3 is 23.7 Å². The average Bonchev–Trinajstić information content (AvgIpc) is 2.48. The molecule has 0 radical (unpaired) electrons. The number of allylic oxidation sites excluding steroid dienone is 1. The molecule has 0 unspecified atom stereocenters. The van der Waals surface area contributed by atoms with Crippen molar-refractivity contribution >= 4 is 17.9 Å². The van der Waals surface area contributed by atoms with E-state index in [4.69, 9.17) is 23.7 Å². The molecule has 1 rings (SSSR count). The molecule has 24 heavy (non-hydrogen) atoms. The Labute approximate surface area is 141 Å². The van der Waals surface area contributed by atoms with Crippen molar-refractivity contribution in [2.75, 3.05) is 13.7 Å². The molecule has 1 saturated heterocycles. The highest BCUT2D eigenvalue weighted by Gasteiger charge is 2.49. The standard InChI is InChI=1S/C16H24O8/c1-6-7-12-14(22-10(3)18)15(23-11(4)19)13(8-21-9(2)17)24-16(12)20-5/h6,12-16H,1,7-8H2,2-5H3/t12-,13+,14+,15+,16-/m0/s1. The van der Waals surface area contributed by atoms with E-state index in [1.165, 1.54) is 27.9 Å². The van der Waals surface area contributed by atoms with Gasteiger partial charge >= 0.3 is 17.9 Å². The third-order valence-electron chi connectivity index (χ3n) is 3.50. The number of carbonyl (C=O) groups excluding carboxylic acids is 3. The zero-order chi connectivity index (χ0) is 18.3. The highest BCUT2D eigenvalue weighted by molar-refractivity contribution is 5.67. The van der Waals surface area contributed by atoms with Crippen LogP contribution in [0, 0.1) is 5.92 Å². The molecular formula is C16H24O8. The molecule has 5 atom stereocenters. The minimum atomic E-state index is -0.929. The maximum absolute atomic E-state index is 11.5. The Hall–Kier alpha value is -1.93. The Morgan fingerprint density at radius 3 is 2.08 bits per heavy atom. The van der Waals surface area contributed by atoms with E-state index in [9.17, 15) is 14.4 Å². The molecule has 0 aliphatic carbocycles. The fourth-order valence-electron chi connectivity index (χ4n) is 2.64. The summed E-state index contributed by atoms with van der Waals surface area (Å²) in [4.78, 5) is 34.0. The molecule has 0 N–H and O–H groups in total. The molecule has 0 saturated carbocycles. The summed E-state index contributed by atoms with van der Waals surface area (Å²) < 4.78 is 26.7. The lowest BCUT2D eigenvalue weighted by molar-refractivity contribution is -0.285. The topological polar surface area (TPSA) is 97.4 Å². The van der Waals surface area contributed by atoms with Crippen LogP contribution in [0.15, 0.2) is 12.7 Å². The van der Waals surface area contributed by atoms with Gasteiger partial charge in [0.05, 0.1) is 5.92 Å². The van der Waals surface area contributed by atoms with Crippen LogP contribution in [0.25, 0.3) is 0 Å². The van der Waals surface area contributed by atoms with Crippen LogP contribution in [0.1, 0.15) is 27.2 Å². The van der Waals surface area contributed by atoms with Crippen LogP contribution >= 0.6 is 0 Å². The van der Waals surface area contributed by atoms with Crippen LogP contribution < -0.4 is 0 Å². The van der Waals surface area contributed by atoms with Crippen molar-refractivity contribution in [1.29, 1.82) is 0 Å². The van der Waals surface area contributed by atoms with Gasteiger partial charge in [0.2, 0.25) is 0 Å². The second kappa shape index (κ2) is 9.39. The number of carbonyl (C=O) groups is 3. The molecule has 1 aliphatic rings. The molecule has 136 valence electrons. The molecule has 0 aromatic carbocycles. The Morgan fingerprint density at radius 2 is 1.62 bits per heavy atom. The van der Waals surface area contributed by atoms with Crippen LogP contribution in [0.5, 0.6) is 0 Å². The average molecular weight is 344 g/mol. The number of rotatable bonds is 7. The van der Waals surface area contributed by atoms with E-state index in [1.54, 1.807) is 6.08 Å². The third-order valence-corrected chi connectivity index (χ3v) is 3.50. The number of ether oxygens (including phenoxy) is 5. The van der Waals surface area contributed by atoms with Crippen molar-refractivity contribution in [1.82, 2.24) is 0 Å². The SMILES string of the molecule is C=CC[C@@H]1[C@@H](OC)O[C@H](COC(C)=O)[C@@H](OC(C)=O)[C@@H]1OC(C)=O. The number of methoxy groups -OCH3 is 1. The van der Waals surface area contributed by atoms with Crippen molar-refractivity contribution in [3.8, 4) is 0 Å². The molecular weight excluding hydrogens is 320 g/mol. The van der Waals surface area contributed by atoms with E-state index < -0.39 is 48.4 Å². The van der Waals surface area contributed by atoms with Crippen LogP contribution in [-0.2, 0) is 38.1 Å². The minimum absolute atomic E-state index is 0.161. The lowest BCUT2D eigenvalue weighted by atomic mass is 9.88. The maximum Gasteiger partial charge on any atom is 0.303 e. The second-order valence-electron chi connectivity index (χ2n) is 5.42. The molecule has 1 fully saturated rings. The van der Waals surface area contributed by atoms with E-state index in [-0.39, 0.29) is 6.61 Å². The van der Waals surface area contributed by atoms with Gasteiger partial charge in [-0.15, -0.1) is 6.58 Å². The monoisotopic (exact) mass is 344 g/mol. The molecule has 1 heterocycles. The van der Waals surface area contributed by atoms with E-state index in [0.717, 1.165) is 0 Å². The van der Waals surface area contributed by atoms with Gasteiger partial charge in [0.25, 0.3) is 0 Å². The Kier molecular flexibility index (Phi) is 7.87. The predicted octanol–water partition coefficient (Wildman–Crippen LogP) is 0.976. The molecule has 0 aromatic rings. The first-order chi connectivity index (χ1) is 11.3. The first-order valence-electron chi connectivity index (χ1n) is 7.57. The van der Waals surface area contributed by atoms with Crippen LogP contribution in [0.4, 0.5) is 0 Å².